The van der Waals surface area contributed by atoms with Crippen molar-refractivity contribution in [1.29, 1.82) is 0 Å². The third kappa shape index (κ3) is 3.93. The van der Waals surface area contributed by atoms with Crippen LogP contribution in [0.2, 0.25) is 0 Å². The van der Waals surface area contributed by atoms with Crippen LogP contribution < -0.4 is 11.1 Å². The van der Waals surface area contributed by atoms with E-state index in [0.717, 1.165) is 24.2 Å². The lowest BCUT2D eigenvalue weighted by atomic mass is 9.95. The van der Waals surface area contributed by atoms with Gasteiger partial charge in [-0.15, -0.1) is 5.10 Å². The van der Waals surface area contributed by atoms with Crippen molar-refractivity contribution in [3.63, 3.8) is 0 Å². The zero-order chi connectivity index (χ0) is 12.8. The van der Waals surface area contributed by atoms with Crippen LogP contribution in [0.3, 0.4) is 0 Å². The molecule has 0 spiro atoms. The summed E-state index contributed by atoms with van der Waals surface area (Å²) < 4.78 is 0. The van der Waals surface area contributed by atoms with Gasteiger partial charge in [-0.25, -0.2) is 4.98 Å². The molecule has 96 valence electrons. The summed E-state index contributed by atoms with van der Waals surface area (Å²) in [6, 6.07) is 0.134. The first-order valence-corrected chi connectivity index (χ1v) is 6.25. The lowest BCUT2D eigenvalue weighted by molar-refractivity contribution is 0.407. The largest absolute Gasteiger partial charge is 0.351 e. The maximum absolute atomic E-state index is 6.12. The van der Waals surface area contributed by atoms with E-state index in [1.807, 2.05) is 13.8 Å². The Hall–Kier alpha value is -1.23. The maximum atomic E-state index is 6.12. The van der Waals surface area contributed by atoms with Gasteiger partial charge in [0.15, 0.2) is 0 Å². The van der Waals surface area contributed by atoms with Crippen LogP contribution in [-0.2, 0) is 0 Å². The molecule has 0 amide bonds. The Morgan fingerprint density at radius 3 is 2.29 bits per heavy atom. The van der Waals surface area contributed by atoms with Crippen LogP contribution in [0, 0.1) is 19.8 Å². The van der Waals surface area contributed by atoms with Gasteiger partial charge in [0.1, 0.15) is 0 Å². The molecule has 0 fully saturated rings. The molecule has 0 radical (unpaired) electrons. The molecule has 0 aliphatic heterocycles. The molecule has 3 N–H and O–H groups in total. The molecule has 0 aliphatic rings. The summed E-state index contributed by atoms with van der Waals surface area (Å²) in [7, 11) is 0. The lowest BCUT2D eigenvalue weighted by Gasteiger charge is -2.21. The predicted molar refractivity (Wildman–Crippen MR) is 69.8 cm³/mol. The molecule has 0 bridgehead atoms. The monoisotopic (exact) mass is 237 g/mol. The van der Waals surface area contributed by atoms with E-state index in [0.29, 0.717) is 18.4 Å². The van der Waals surface area contributed by atoms with E-state index in [1.165, 1.54) is 0 Å². The Bertz CT molecular complexity index is 349. The number of rotatable bonds is 6. The normalized spacial score (nSPS) is 12.8. The van der Waals surface area contributed by atoms with Gasteiger partial charge in [-0.2, -0.15) is 5.10 Å². The average Bonchev–Trinajstić information content (AvgIpc) is 2.32. The van der Waals surface area contributed by atoms with Gasteiger partial charge in [-0.05, 0) is 19.8 Å². The number of nitrogens with two attached hydrogens (primary N) is 1. The van der Waals surface area contributed by atoms with E-state index in [-0.39, 0.29) is 6.04 Å². The molecule has 1 atom stereocenters. The third-order valence-corrected chi connectivity index (χ3v) is 3.24. The highest BCUT2D eigenvalue weighted by Crippen LogP contribution is 2.11. The Labute approximate surface area is 103 Å². The van der Waals surface area contributed by atoms with Crippen LogP contribution in [0.5, 0.6) is 0 Å². The topological polar surface area (TPSA) is 76.7 Å². The number of nitrogens with one attached hydrogen (secondary N) is 1. The summed E-state index contributed by atoms with van der Waals surface area (Å²) in [6.45, 7) is 8.85. The highest BCUT2D eigenvalue weighted by molar-refractivity contribution is 5.24. The average molecular weight is 237 g/mol. The minimum Gasteiger partial charge on any atom is -0.351 e. The summed E-state index contributed by atoms with van der Waals surface area (Å²) in [5.74, 6) is 1.11. The first-order chi connectivity index (χ1) is 8.08. The molecule has 0 saturated carbocycles. The van der Waals surface area contributed by atoms with Gasteiger partial charge in [0.25, 0.3) is 0 Å². The zero-order valence-electron chi connectivity index (χ0n) is 11.2. The molecule has 1 rings (SSSR count). The minimum atomic E-state index is 0.134. The van der Waals surface area contributed by atoms with Crippen LogP contribution in [0.15, 0.2) is 0 Å². The highest BCUT2D eigenvalue weighted by atomic mass is 15.2. The van der Waals surface area contributed by atoms with E-state index in [1.54, 1.807) is 0 Å². The quantitative estimate of drug-likeness (QED) is 0.787. The highest BCUT2D eigenvalue weighted by Gasteiger charge is 2.14. The molecule has 17 heavy (non-hydrogen) atoms. The molecule has 0 aliphatic carbocycles. The SMILES string of the molecule is CCC(CC)C(N)CNc1nnc(C)c(C)n1. The second-order valence-corrected chi connectivity index (χ2v) is 4.43. The molecule has 1 aromatic heterocycles. The standard InChI is InChI=1S/C12H23N5/c1-5-10(6-2)11(13)7-14-12-15-8(3)9(4)16-17-12/h10-11H,5-7,13H2,1-4H3,(H,14,15,17). The maximum Gasteiger partial charge on any atom is 0.243 e. The van der Waals surface area contributed by atoms with Crippen molar-refractivity contribution < 1.29 is 0 Å². The Balaban J connectivity index is 2.52. The van der Waals surface area contributed by atoms with E-state index in [4.69, 9.17) is 5.73 Å². The Morgan fingerprint density at radius 2 is 1.76 bits per heavy atom. The third-order valence-electron chi connectivity index (χ3n) is 3.24. The molecule has 5 heteroatoms. The number of nitrogens with zero attached hydrogens (tertiary/aromatic N) is 3. The van der Waals surface area contributed by atoms with E-state index >= 15 is 0 Å². The van der Waals surface area contributed by atoms with Crippen molar-refractivity contribution in [3.05, 3.63) is 11.4 Å². The van der Waals surface area contributed by atoms with E-state index in [9.17, 15) is 0 Å². The van der Waals surface area contributed by atoms with Crippen LogP contribution >= 0.6 is 0 Å². The summed E-state index contributed by atoms with van der Waals surface area (Å²) in [6.07, 6.45) is 2.21. The second-order valence-electron chi connectivity index (χ2n) is 4.43. The molecular formula is C12H23N5. The molecule has 1 heterocycles. The minimum absolute atomic E-state index is 0.134. The van der Waals surface area contributed by atoms with Crippen molar-refractivity contribution in [1.82, 2.24) is 15.2 Å². The number of hydrogen-bond donors (Lipinski definition) is 2. The fourth-order valence-electron chi connectivity index (χ4n) is 1.80. The zero-order valence-corrected chi connectivity index (χ0v) is 11.2. The van der Waals surface area contributed by atoms with Gasteiger partial charge >= 0.3 is 0 Å². The molecule has 0 saturated heterocycles. The van der Waals surface area contributed by atoms with Crippen molar-refractivity contribution in [2.24, 2.45) is 11.7 Å². The Morgan fingerprint density at radius 1 is 1.12 bits per heavy atom. The molecule has 1 aromatic rings. The molecule has 1 unspecified atom stereocenters. The first kappa shape index (κ1) is 13.8. The number of anilines is 1. The van der Waals surface area contributed by atoms with Gasteiger partial charge in [-0.3, -0.25) is 0 Å². The van der Waals surface area contributed by atoms with Crippen LogP contribution in [0.4, 0.5) is 5.95 Å². The number of aryl methyl sites for hydroxylation is 2. The van der Waals surface area contributed by atoms with Gasteiger partial charge in [0.05, 0.1) is 11.4 Å². The predicted octanol–water partition coefficient (Wildman–Crippen LogP) is 1.66. The van der Waals surface area contributed by atoms with Crippen molar-refractivity contribution in [2.45, 2.75) is 46.6 Å². The van der Waals surface area contributed by atoms with Crippen LogP contribution in [0.1, 0.15) is 38.1 Å². The van der Waals surface area contributed by atoms with Crippen LogP contribution in [-0.4, -0.2) is 27.8 Å². The summed E-state index contributed by atoms with van der Waals surface area (Å²) in [5, 5.41) is 11.2. The molecular weight excluding hydrogens is 214 g/mol. The number of hydrogen-bond acceptors (Lipinski definition) is 5. The van der Waals surface area contributed by atoms with Gasteiger partial charge in [-0.1, -0.05) is 26.7 Å². The summed E-state index contributed by atoms with van der Waals surface area (Å²) >= 11 is 0. The lowest BCUT2D eigenvalue weighted by Crippen LogP contribution is -2.36. The van der Waals surface area contributed by atoms with Crippen molar-refractivity contribution in [3.8, 4) is 0 Å². The Kier molecular flexibility index (Phi) is 5.28. The first-order valence-electron chi connectivity index (χ1n) is 6.25. The fourth-order valence-corrected chi connectivity index (χ4v) is 1.80. The number of aromatic nitrogens is 3. The summed E-state index contributed by atoms with van der Waals surface area (Å²) in [5.41, 5.74) is 7.88. The van der Waals surface area contributed by atoms with Crippen molar-refractivity contribution >= 4 is 5.95 Å². The van der Waals surface area contributed by atoms with Gasteiger partial charge in [0, 0.05) is 12.6 Å². The van der Waals surface area contributed by atoms with E-state index in [2.05, 4.69) is 34.3 Å². The molecule has 0 aromatic carbocycles. The van der Waals surface area contributed by atoms with Crippen LogP contribution in [0.25, 0.3) is 0 Å². The van der Waals surface area contributed by atoms with Crippen molar-refractivity contribution in [2.75, 3.05) is 11.9 Å². The fraction of sp³-hybridized carbons (Fsp3) is 0.750. The summed E-state index contributed by atoms with van der Waals surface area (Å²) in [4.78, 5) is 4.32. The second kappa shape index (κ2) is 6.49. The molecule has 5 nitrogen and oxygen atoms in total. The van der Waals surface area contributed by atoms with E-state index < -0.39 is 0 Å². The van der Waals surface area contributed by atoms with Gasteiger partial charge < -0.3 is 11.1 Å². The van der Waals surface area contributed by atoms with Gasteiger partial charge in [0.2, 0.25) is 5.95 Å². The smallest absolute Gasteiger partial charge is 0.243 e.